The standard InChI is InChI=1S/C22H22ClN5O3/c1-13-19(26-18(29)7-6-16-8-10-31-21(16)30)20(23)27-22(25-13)28-9-2-3-15-5-4-14(12-24)11-17(15)28/h4-5,11,16H,2-3,6-10H2,1H3,(H,26,29). The van der Waals surface area contributed by atoms with Gasteiger partial charge in [0.25, 0.3) is 0 Å². The summed E-state index contributed by atoms with van der Waals surface area (Å²) < 4.78 is 4.93. The molecule has 0 saturated carbocycles. The average Bonchev–Trinajstić information content (AvgIpc) is 3.18. The van der Waals surface area contributed by atoms with Crippen molar-refractivity contribution in [2.45, 2.75) is 39.0 Å². The number of aryl methyl sites for hydroxylation is 2. The number of halogens is 1. The molecule has 0 bridgehead atoms. The highest BCUT2D eigenvalue weighted by Crippen LogP contribution is 2.35. The fraction of sp³-hybridized carbons (Fsp3) is 0.409. The Labute approximate surface area is 185 Å². The number of fused-ring (bicyclic) bond motifs is 1. The number of hydrogen-bond donors (Lipinski definition) is 1. The van der Waals surface area contributed by atoms with Gasteiger partial charge in [0.15, 0.2) is 5.15 Å². The monoisotopic (exact) mass is 439 g/mol. The molecule has 1 saturated heterocycles. The molecule has 1 unspecified atom stereocenters. The predicted molar refractivity (Wildman–Crippen MR) is 115 cm³/mol. The third kappa shape index (κ3) is 4.47. The van der Waals surface area contributed by atoms with Crippen molar-refractivity contribution in [2.75, 3.05) is 23.4 Å². The zero-order chi connectivity index (χ0) is 22.0. The van der Waals surface area contributed by atoms with Crippen LogP contribution < -0.4 is 10.2 Å². The number of benzene rings is 1. The minimum atomic E-state index is -0.247. The van der Waals surface area contributed by atoms with Gasteiger partial charge in [-0.05, 0) is 50.3 Å². The van der Waals surface area contributed by atoms with Crippen molar-refractivity contribution in [3.8, 4) is 6.07 Å². The van der Waals surface area contributed by atoms with Crippen molar-refractivity contribution >= 4 is 40.8 Å². The van der Waals surface area contributed by atoms with Crippen LogP contribution in [0.25, 0.3) is 0 Å². The van der Waals surface area contributed by atoms with Crippen molar-refractivity contribution in [1.82, 2.24) is 9.97 Å². The van der Waals surface area contributed by atoms with E-state index < -0.39 is 0 Å². The molecule has 1 aromatic heterocycles. The molecule has 160 valence electrons. The molecule has 9 heteroatoms. The predicted octanol–water partition coefficient (Wildman–Crippen LogP) is 3.68. The minimum Gasteiger partial charge on any atom is -0.465 e. The molecule has 0 spiro atoms. The van der Waals surface area contributed by atoms with E-state index in [0.29, 0.717) is 48.9 Å². The summed E-state index contributed by atoms with van der Waals surface area (Å²) in [5.41, 5.74) is 3.52. The Morgan fingerprint density at radius 1 is 1.42 bits per heavy atom. The zero-order valence-corrected chi connectivity index (χ0v) is 17.9. The molecule has 1 atom stereocenters. The molecule has 0 aliphatic carbocycles. The lowest BCUT2D eigenvalue weighted by Gasteiger charge is -2.30. The van der Waals surface area contributed by atoms with Gasteiger partial charge in [0.2, 0.25) is 11.9 Å². The summed E-state index contributed by atoms with van der Waals surface area (Å²) in [5.74, 6) is -0.275. The Bertz CT molecular complexity index is 1060. The third-order valence-corrected chi connectivity index (χ3v) is 5.91. The van der Waals surface area contributed by atoms with Crippen LogP contribution >= 0.6 is 11.6 Å². The number of cyclic esters (lactones) is 1. The lowest BCUT2D eigenvalue weighted by Crippen LogP contribution is -2.27. The van der Waals surface area contributed by atoms with Gasteiger partial charge in [0.05, 0.1) is 29.9 Å². The number of nitrogens with one attached hydrogen (secondary N) is 1. The summed E-state index contributed by atoms with van der Waals surface area (Å²) in [4.78, 5) is 34.9. The number of anilines is 3. The molecule has 1 amide bonds. The summed E-state index contributed by atoms with van der Waals surface area (Å²) in [6.07, 6.45) is 3.13. The molecule has 31 heavy (non-hydrogen) atoms. The molecule has 1 fully saturated rings. The van der Waals surface area contributed by atoms with Crippen molar-refractivity contribution in [2.24, 2.45) is 5.92 Å². The van der Waals surface area contributed by atoms with Crippen LogP contribution in [0.4, 0.5) is 17.3 Å². The van der Waals surface area contributed by atoms with Crippen LogP contribution in [0.1, 0.15) is 42.5 Å². The number of carbonyl (C=O) groups is 2. The van der Waals surface area contributed by atoms with Gasteiger partial charge in [-0.2, -0.15) is 10.2 Å². The Morgan fingerprint density at radius 3 is 2.97 bits per heavy atom. The molecule has 0 radical (unpaired) electrons. The summed E-state index contributed by atoms with van der Waals surface area (Å²) in [7, 11) is 0. The van der Waals surface area contributed by atoms with Gasteiger partial charge in [-0.3, -0.25) is 9.59 Å². The van der Waals surface area contributed by atoms with Crippen LogP contribution in [0.3, 0.4) is 0 Å². The van der Waals surface area contributed by atoms with E-state index >= 15 is 0 Å². The van der Waals surface area contributed by atoms with Crippen LogP contribution in [0, 0.1) is 24.2 Å². The number of nitrogens with zero attached hydrogens (tertiary/aromatic N) is 4. The van der Waals surface area contributed by atoms with E-state index in [2.05, 4.69) is 21.4 Å². The maximum absolute atomic E-state index is 12.4. The van der Waals surface area contributed by atoms with Crippen LogP contribution in [0.2, 0.25) is 5.15 Å². The zero-order valence-electron chi connectivity index (χ0n) is 17.2. The first-order chi connectivity index (χ1) is 15.0. The number of ether oxygens (including phenoxy) is 1. The summed E-state index contributed by atoms with van der Waals surface area (Å²) in [6, 6.07) is 7.78. The quantitative estimate of drug-likeness (QED) is 0.559. The molecular formula is C22H22ClN5O3. The molecule has 8 nitrogen and oxygen atoms in total. The second-order valence-electron chi connectivity index (χ2n) is 7.73. The summed E-state index contributed by atoms with van der Waals surface area (Å²) in [5, 5.41) is 12.2. The van der Waals surface area contributed by atoms with Crippen molar-refractivity contribution in [3.05, 3.63) is 40.2 Å². The molecule has 2 aliphatic rings. The van der Waals surface area contributed by atoms with Crippen LogP contribution in [0.15, 0.2) is 18.2 Å². The van der Waals surface area contributed by atoms with Gasteiger partial charge in [0.1, 0.15) is 5.69 Å². The van der Waals surface area contributed by atoms with E-state index in [1.165, 1.54) is 0 Å². The van der Waals surface area contributed by atoms with Crippen LogP contribution in [-0.2, 0) is 20.7 Å². The van der Waals surface area contributed by atoms with E-state index in [1.807, 2.05) is 23.1 Å². The second kappa shape index (κ2) is 8.90. The third-order valence-electron chi connectivity index (χ3n) is 5.64. The highest BCUT2D eigenvalue weighted by atomic mass is 35.5. The topological polar surface area (TPSA) is 108 Å². The highest BCUT2D eigenvalue weighted by Gasteiger charge is 2.27. The molecular weight excluding hydrogens is 418 g/mol. The summed E-state index contributed by atoms with van der Waals surface area (Å²) >= 11 is 6.42. The van der Waals surface area contributed by atoms with Crippen LogP contribution in [-0.4, -0.2) is 35.0 Å². The van der Waals surface area contributed by atoms with Gasteiger partial charge < -0.3 is 15.0 Å². The van der Waals surface area contributed by atoms with Gasteiger partial charge >= 0.3 is 5.97 Å². The average molecular weight is 440 g/mol. The van der Waals surface area contributed by atoms with E-state index in [9.17, 15) is 14.9 Å². The van der Waals surface area contributed by atoms with E-state index in [1.54, 1.807) is 6.92 Å². The van der Waals surface area contributed by atoms with Crippen molar-refractivity contribution in [1.29, 1.82) is 5.26 Å². The maximum Gasteiger partial charge on any atom is 0.309 e. The first kappa shape index (κ1) is 21.1. The van der Waals surface area contributed by atoms with Crippen molar-refractivity contribution in [3.63, 3.8) is 0 Å². The Balaban J connectivity index is 1.51. The maximum atomic E-state index is 12.4. The highest BCUT2D eigenvalue weighted by molar-refractivity contribution is 6.32. The molecule has 4 rings (SSSR count). The first-order valence-electron chi connectivity index (χ1n) is 10.3. The number of rotatable bonds is 5. The smallest absolute Gasteiger partial charge is 0.309 e. The lowest BCUT2D eigenvalue weighted by atomic mass is 10.00. The van der Waals surface area contributed by atoms with Crippen LogP contribution in [0.5, 0.6) is 0 Å². The molecule has 2 aromatic rings. The second-order valence-corrected chi connectivity index (χ2v) is 8.08. The number of amides is 1. The lowest BCUT2D eigenvalue weighted by molar-refractivity contribution is -0.141. The SMILES string of the molecule is Cc1nc(N2CCCc3ccc(C#N)cc32)nc(Cl)c1NC(=O)CCC1CCOC1=O. The van der Waals surface area contributed by atoms with Gasteiger partial charge in [-0.25, -0.2) is 4.98 Å². The summed E-state index contributed by atoms with van der Waals surface area (Å²) in [6.45, 7) is 2.89. The Kier molecular flexibility index (Phi) is 6.05. The van der Waals surface area contributed by atoms with Gasteiger partial charge in [-0.1, -0.05) is 17.7 Å². The van der Waals surface area contributed by atoms with E-state index in [0.717, 1.165) is 24.1 Å². The minimum absolute atomic E-state index is 0.152. The number of carbonyl (C=O) groups excluding carboxylic acids is 2. The van der Waals surface area contributed by atoms with Gasteiger partial charge in [-0.15, -0.1) is 0 Å². The molecule has 1 aromatic carbocycles. The van der Waals surface area contributed by atoms with E-state index in [4.69, 9.17) is 16.3 Å². The number of hydrogen-bond acceptors (Lipinski definition) is 7. The Hall–Kier alpha value is -3.18. The largest absolute Gasteiger partial charge is 0.465 e. The van der Waals surface area contributed by atoms with Crippen molar-refractivity contribution < 1.29 is 14.3 Å². The Morgan fingerprint density at radius 2 is 2.26 bits per heavy atom. The number of esters is 1. The fourth-order valence-electron chi connectivity index (χ4n) is 3.95. The number of aromatic nitrogens is 2. The molecule has 1 N–H and O–H groups in total. The van der Waals surface area contributed by atoms with E-state index in [-0.39, 0.29) is 29.4 Å². The normalized spacial score (nSPS) is 17.6. The molecule has 3 heterocycles. The van der Waals surface area contributed by atoms with Gasteiger partial charge in [0, 0.05) is 18.7 Å². The fourth-order valence-corrected chi connectivity index (χ4v) is 4.20. The molecule has 2 aliphatic heterocycles. The number of nitriles is 1. The first-order valence-corrected chi connectivity index (χ1v) is 10.6.